The average Bonchev–Trinajstić information content (AvgIpc) is 2.74. The van der Waals surface area contributed by atoms with Gasteiger partial charge < -0.3 is 10.5 Å². The maximum Gasteiger partial charge on any atom is 0.264 e. The number of pyridine rings is 1. The first-order chi connectivity index (χ1) is 16.0. The smallest absolute Gasteiger partial charge is 0.264 e. The van der Waals surface area contributed by atoms with Crippen molar-refractivity contribution in [2.75, 3.05) is 25.2 Å². The van der Waals surface area contributed by atoms with Gasteiger partial charge >= 0.3 is 0 Å². The summed E-state index contributed by atoms with van der Waals surface area (Å²) < 4.78 is 74.9. The average molecular weight is 496 g/mol. The number of rotatable bonds is 9. The Bertz CT molecular complexity index is 1370. The number of carbonyl (C=O) groups excluding carboxylic acids is 1. The van der Waals surface area contributed by atoms with E-state index in [-0.39, 0.29) is 36.5 Å². The van der Waals surface area contributed by atoms with E-state index in [4.69, 9.17) is 10.5 Å². The zero-order valence-corrected chi connectivity index (χ0v) is 18.6. The van der Waals surface area contributed by atoms with Crippen LogP contribution in [0.4, 0.5) is 19.0 Å². The molecule has 8 nitrogen and oxygen atoms in total. The van der Waals surface area contributed by atoms with Crippen LogP contribution in [0.25, 0.3) is 5.69 Å². The number of ketones is 1. The van der Waals surface area contributed by atoms with Crippen LogP contribution in [0.3, 0.4) is 0 Å². The Morgan fingerprint density at radius 2 is 1.62 bits per heavy atom. The highest BCUT2D eigenvalue weighted by Gasteiger charge is 2.22. The van der Waals surface area contributed by atoms with Crippen molar-refractivity contribution in [3.05, 3.63) is 87.5 Å². The van der Waals surface area contributed by atoms with Gasteiger partial charge in [0.25, 0.3) is 15.7 Å². The molecular formula is C22H19F3N2O6S. The normalized spacial score (nSPS) is 11.4. The number of benzene rings is 2. The van der Waals surface area contributed by atoms with E-state index in [1.807, 2.05) is 0 Å². The van der Waals surface area contributed by atoms with Crippen LogP contribution < -0.4 is 16.0 Å². The van der Waals surface area contributed by atoms with Crippen molar-refractivity contribution in [2.24, 2.45) is 0 Å². The van der Waals surface area contributed by atoms with E-state index in [2.05, 4.69) is 4.18 Å². The number of nitrogens with zero attached hydrogens (tertiary/aromatic N) is 1. The molecule has 3 rings (SSSR count). The van der Waals surface area contributed by atoms with E-state index in [0.717, 1.165) is 42.7 Å². The van der Waals surface area contributed by atoms with Crippen molar-refractivity contribution in [2.45, 2.75) is 6.42 Å². The van der Waals surface area contributed by atoms with Crippen molar-refractivity contribution >= 4 is 21.7 Å². The summed E-state index contributed by atoms with van der Waals surface area (Å²) in [5.41, 5.74) is 4.09. The predicted octanol–water partition coefficient (Wildman–Crippen LogP) is 2.81. The monoisotopic (exact) mass is 496 g/mol. The highest BCUT2D eigenvalue weighted by Crippen LogP contribution is 2.26. The molecule has 0 fully saturated rings. The Hall–Kier alpha value is -3.64. The number of anilines is 1. The van der Waals surface area contributed by atoms with E-state index in [9.17, 15) is 31.2 Å². The SMILES string of the molecule is CS(=O)(=O)OCCCOc1cc(F)c(-n2c(N)c(C(=O)c3ccc(F)cc3)ccc2=O)c(F)c1. The highest BCUT2D eigenvalue weighted by atomic mass is 32.2. The molecule has 0 radical (unpaired) electrons. The van der Waals surface area contributed by atoms with Gasteiger partial charge in [0.05, 0.1) is 25.0 Å². The number of ether oxygens (including phenoxy) is 1. The molecule has 34 heavy (non-hydrogen) atoms. The summed E-state index contributed by atoms with van der Waals surface area (Å²) in [5, 5.41) is 0. The molecule has 0 saturated carbocycles. The number of aromatic nitrogens is 1. The van der Waals surface area contributed by atoms with Gasteiger partial charge in [-0.05, 0) is 30.3 Å². The highest BCUT2D eigenvalue weighted by molar-refractivity contribution is 7.85. The molecule has 0 aliphatic heterocycles. The first kappa shape index (κ1) is 25.0. The summed E-state index contributed by atoms with van der Waals surface area (Å²) in [6, 6.07) is 8.22. The number of nitrogens with two attached hydrogens (primary N) is 1. The molecule has 1 aromatic heterocycles. The number of hydrogen-bond donors (Lipinski definition) is 1. The number of halogens is 3. The summed E-state index contributed by atoms with van der Waals surface area (Å²) in [7, 11) is -3.62. The molecule has 0 bridgehead atoms. The van der Waals surface area contributed by atoms with Crippen LogP contribution in [-0.4, -0.2) is 38.2 Å². The lowest BCUT2D eigenvalue weighted by molar-refractivity contribution is 0.103. The zero-order chi connectivity index (χ0) is 25.0. The Balaban J connectivity index is 1.89. The molecule has 1 heterocycles. The van der Waals surface area contributed by atoms with Gasteiger partial charge in [-0.15, -0.1) is 0 Å². The maximum absolute atomic E-state index is 14.8. The Labute approximate surface area is 192 Å². The third kappa shape index (κ3) is 5.83. The Kier molecular flexibility index (Phi) is 7.42. The van der Waals surface area contributed by atoms with E-state index < -0.39 is 50.4 Å². The van der Waals surface area contributed by atoms with Crippen LogP contribution >= 0.6 is 0 Å². The van der Waals surface area contributed by atoms with E-state index in [1.165, 1.54) is 12.1 Å². The fourth-order valence-electron chi connectivity index (χ4n) is 3.03. The Morgan fingerprint density at radius 3 is 2.21 bits per heavy atom. The van der Waals surface area contributed by atoms with Crippen molar-refractivity contribution in [3.8, 4) is 11.4 Å². The molecule has 0 saturated heterocycles. The van der Waals surface area contributed by atoms with Crippen LogP contribution in [-0.2, 0) is 14.3 Å². The molecule has 0 unspecified atom stereocenters. The summed E-state index contributed by atoms with van der Waals surface area (Å²) in [6.45, 7) is -0.278. The van der Waals surface area contributed by atoms with E-state index in [0.29, 0.717) is 4.57 Å². The summed E-state index contributed by atoms with van der Waals surface area (Å²) in [4.78, 5) is 25.2. The second kappa shape index (κ2) is 10.1. The maximum atomic E-state index is 14.8. The number of nitrogen functional groups attached to an aromatic ring is 1. The van der Waals surface area contributed by atoms with Crippen molar-refractivity contribution in [1.82, 2.24) is 4.57 Å². The molecule has 0 amide bonds. The standard InChI is InChI=1S/C22H19F3N2O6S/c1-34(30,31)33-10-2-9-32-15-11-17(24)20(18(25)12-15)27-19(28)8-7-16(22(27)26)21(29)13-3-5-14(23)6-4-13/h3-8,11-12H,2,9-10,26H2,1H3. The van der Waals surface area contributed by atoms with E-state index in [1.54, 1.807) is 0 Å². The van der Waals surface area contributed by atoms with Crippen molar-refractivity contribution in [1.29, 1.82) is 0 Å². The second-order valence-corrected chi connectivity index (χ2v) is 8.75. The summed E-state index contributed by atoms with van der Waals surface area (Å²) in [5.74, 6) is -4.35. The van der Waals surface area contributed by atoms with E-state index >= 15 is 0 Å². The predicted molar refractivity (Wildman–Crippen MR) is 117 cm³/mol. The lowest BCUT2D eigenvalue weighted by Crippen LogP contribution is -2.25. The fourth-order valence-corrected chi connectivity index (χ4v) is 3.45. The largest absolute Gasteiger partial charge is 0.493 e. The van der Waals surface area contributed by atoms with Gasteiger partial charge in [-0.1, -0.05) is 0 Å². The van der Waals surface area contributed by atoms with Crippen LogP contribution in [0.5, 0.6) is 5.75 Å². The van der Waals surface area contributed by atoms with Gasteiger partial charge in [-0.2, -0.15) is 8.42 Å². The van der Waals surface area contributed by atoms with Gasteiger partial charge in [0, 0.05) is 30.2 Å². The molecule has 0 aliphatic rings. The lowest BCUT2D eigenvalue weighted by atomic mass is 10.0. The molecule has 0 spiro atoms. The topological polar surface area (TPSA) is 118 Å². The van der Waals surface area contributed by atoms with Gasteiger partial charge in [0.1, 0.15) is 23.1 Å². The van der Waals surface area contributed by atoms with Crippen LogP contribution in [0.2, 0.25) is 0 Å². The molecular weight excluding hydrogens is 477 g/mol. The van der Waals surface area contributed by atoms with Gasteiger partial charge in [0.2, 0.25) is 0 Å². The first-order valence-electron chi connectivity index (χ1n) is 9.76. The number of carbonyl (C=O) groups is 1. The minimum Gasteiger partial charge on any atom is -0.493 e. The minimum absolute atomic E-state index is 0.0582. The van der Waals surface area contributed by atoms with Gasteiger partial charge in [0.15, 0.2) is 17.4 Å². The molecule has 2 N–H and O–H groups in total. The fraction of sp³-hybridized carbons (Fsp3) is 0.182. The lowest BCUT2D eigenvalue weighted by Gasteiger charge is -2.15. The van der Waals surface area contributed by atoms with Crippen molar-refractivity contribution < 1.29 is 35.3 Å². The Morgan fingerprint density at radius 1 is 1.00 bits per heavy atom. The molecule has 180 valence electrons. The van der Waals surface area contributed by atoms with Gasteiger partial charge in [-0.3, -0.25) is 18.3 Å². The van der Waals surface area contributed by atoms with Crippen LogP contribution in [0.15, 0.2) is 53.3 Å². The quantitative estimate of drug-likeness (QED) is 0.275. The third-order valence-corrected chi connectivity index (χ3v) is 5.14. The van der Waals surface area contributed by atoms with Gasteiger partial charge in [-0.25, -0.2) is 13.2 Å². The zero-order valence-electron chi connectivity index (χ0n) is 17.8. The molecule has 0 atom stereocenters. The summed E-state index contributed by atoms with van der Waals surface area (Å²) >= 11 is 0. The van der Waals surface area contributed by atoms with Crippen LogP contribution in [0, 0.1) is 17.5 Å². The number of hydrogen-bond acceptors (Lipinski definition) is 7. The first-order valence-corrected chi connectivity index (χ1v) is 11.6. The van der Waals surface area contributed by atoms with Crippen molar-refractivity contribution in [3.63, 3.8) is 0 Å². The summed E-state index contributed by atoms with van der Waals surface area (Å²) in [6.07, 6.45) is 1.01. The van der Waals surface area contributed by atoms with Crippen LogP contribution in [0.1, 0.15) is 22.3 Å². The molecule has 12 heteroatoms. The third-order valence-electron chi connectivity index (χ3n) is 4.55. The minimum atomic E-state index is -3.62. The molecule has 0 aliphatic carbocycles. The second-order valence-electron chi connectivity index (χ2n) is 7.11. The molecule has 3 aromatic rings. The molecule has 2 aromatic carbocycles.